The van der Waals surface area contributed by atoms with Crippen molar-refractivity contribution in [3.8, 4) is 16.7 Å². The van der Waals surface area contributed by atoms with Gasteiger partial charge < -0.3 is 14.9 Å². The SMILES string of the molecule is O=C(O)c1sc(Oc2ccccc2O)nc1Cl. The van der Waals surface area contributed by atoms with Crippen molar-refractivity contribution in [1.29, 1.82) is 0 Å². The molecule has 0 unspecified atom stereocenters. The Bertz CT molecular complexity index is 569. The maximum atomic E-state index is 10.7. The molecule has 0 radical (unpaired) electrons. The van der Waals surface area contributed by atoms with Crippen molar-refractivity contribution in [2.75, 3.05) is 0 Å². The van der Waals surface area contributed by atoms with Gasteiger partial charge in [-0.3, -0.25) is 0 Å². The molecule has 88 valence electrons. The molecule has 0 aliphatic rings. The minimum atomic E-state index is -1.17. The molecule has 5 nitrogen and oxygen atoms in total. The van der Waals surface area contributed by atoms with Crippen LogP contribution in [0.4, 0.5) is 0 Å². The number of aromatic hydroxyl groups is 1. The van der Waals surface area contributed by atoms with E-state index in [0.717, 1.165) is 11.3 Å². The van der Waals surface area contributed by atoms with Crippen LogP contribution in [0.2, 0.25) is 5.15 Å². The van der Waals surface area contributed by atoms with E-state index in [0.29, 0.717) is 0 Å². The van der Waals surface area contributed by atoms with Gasteiger partial charge >= 0.3 is 5.97 Å². The van der Waals surface area contributed by atoms with Crippen molar-refractivity contribution in [3.63, 3.8) is 0 Å². The summed E-state index contributed by atoms with van der Waals surface area (Å²) in [6, 6.07) is 6.29. The number of phenols is 1. The summed E-state index contributed by atoms with van der Waals surface area (Å²) in [6.07, 6.45) is 0. The van der Waals surface area contributed by atoms with Gasteiger partial charge in [0.25, 0.3) is 5.19 Å². The van der Waals surface area contributed by atoms with Crippen molar-refractivity contribution >= 4 is 28.9 Å². The quantitative estimate of drug-likeness (QED) is 0.897. The molecule has 2 rings (SSSR count). The van der Waals surface area contributed by atoms with Crippen molar-refractivity contribution in [3.05, 3.63) is 34.3 Å². The Labute approximate surface area is 105 Å². The van der Waals surface area contributed by atoms with Gasteiger partial charge in [0.15, 0.2) is 21.5 Å². The van der Waals surface area contributed by atoms with Crippen LogP contribution in [-0.2, 0) is 0 Å². The topological polar surface area (TPSA) is 79.7 Å². The van der Waals surface area contributed by atoms with Crippen LogP contribution >= 0.6 is 22.9 Å². The van der Waals surface area contributed by atoms with E-state index in [9.17, 15) is 9.90 Å². The number of aromatic carboxylic acids is 1. The highest BCUT2D eigenvalue weighted by molar-refractivity contribution is 7.15. The third-order valence-corrected chi connectivity index (χ3v) is 3.13. The Balaban J connectivity index is 2.28. The van der Waals surface area contributed by atoms with Gasteiger partial charge in [-0.1, -0.05) is 35.1 Å². The minimum absolute atomic E-state index is 0.0595. The molecular formula is C10H6ClNO4S. The van der Waals surface area contributed by atoms with Crippen molar-refractivity contribution < 1.29 is 19.7 Å². The molecule has 2 N–H and O–H groups in total. The minimum Gasteiger partial charge on any atom is -0.504 e. The average Bonchev–Trinajstić information content (AvgIpc) is 2.63. The molecule has 17 heavy (non-hydrogen) atoms. The maximum absolute atomic E-state index is 10.7. The summed E-state index contributed by atoms with van der Waals surface area (Å²) >= 11 is 6.42. The Morgan fingerprint density at radius 1 is 1.41 bits per heavy atom. The molecule has 0 amide bonds. The number of aromatic nitrogens is 1. The molecule has 1 aromatic carbocycles. The number of ether oxygens (including phenoxy) is 1. The predicted octanol–water partition coefficient (Wildman–Crippen LogP) is 2.99. The second-order valence-corrected chi connectivity index (χ2v) is 4.29. The molecule has 0 saturated heterocycles. The van der Waals surface area contributed by atoms with Gasteiger partial charge in [0.1, 0.15) is 0 Å². The lowest BCUT2D eigenvalue weighted by Crippen LogP contribution is -1.91. The van der Waals surface area contributed by atoms with Crippen LogP contribution in [0, 0.1) is 0 Å². The van der Waals surface area contributed by atoms with Crippen LogP contribution < -0.4 is 4.74 Å². The molecule has 2 aromatic rings. The summed E-state index contributed by atoms with van der Waals surface area (Å²) in [5, 5.41) is 18.2. The summed E-state index contributed by atoms with van der Waals surface area (Å²) in [5.41, 5.74) is 0. The van der Waals surface area contributed by atoms with Gasteiger partial charge in [-0.15, -0.1) is 0 Å². The molecule has 0 bridgehead atoms. The molecule has 0 atom stereocenters. The molecule has 0 fully saturated rings. The van der Waals surface area contributed by atoms with E-state index in [1.807, 2.05) is 0 Å². The molecule has 1 heterocycles. The van der Waals surface area contributed by atoms with Crippen LogP contribution in [0.3, 0.4) is 0 Å². The van der Waals surface area contributed by atoms with Crippen LogP contribution in [0.15, 0.2) is 24.3 Å². The van der Waals surface area contributed by atoms with Crippen LogP contribution in [-0.4, -0.2) is 21.2 Å². The first-order chi connectivity index (χ1) is 8.08. The Kier molecular flexibility index (Phi) is 3.16. The van der Waals surface area contributed by atoms with E-state index in [2.05, 4.69) is 4.98 Å². The number of benzene rings is 1. The van der Waals surface area contributed by atoms with Crippen LogP contribution in [0.25, 0.3) is 0 Å². The van der Waals surface area contributed by atoms with Crippen LogP contribution in [0.1, 0.15) is 9.67 Å². The number of hydrogen-bond donors (Lipinski definition) is 2. The molecule has 0 saturated carbocycles. The zero-order valence-electron chi connectivity index (χ0n) is 8.25. The van der Waals surface area contributed by atoms with Crippen molar-refractivity contribution in [2.24, 2.45) is 0 Å². The molecule has 0 aliphatic heterocycles. The highest BCUT2D eigenvalue weighted by atomic mass is 35.5. The maximum Gasteiger partial charge on any atom is 0.349 e. The molecule has 0 aliphatic carbocycles. The number of nitrogens with zero attached hydrogens (tertiary/aromatic N) is 1. The Hall–Kier alpha value is -1.79. The van der Waals surface area contributed by atoms with E-state index < -0.39 is 5.97 Å². The first-order valence-corrected chi connectivity index (χ1v) is 5.63. The first-order valence-electron chi connectivity index (χ1n) is 4.43. The fourth-order valence-electron chi connectivity index (χ4n) is 1.10. The number of carboxylic acids is 1. The van der Waals surface area contributed by atoms with Crippen LogP contribution in [0.5, 0.6) is 16.7 Å². The molecular weight excluding hydrogens is 266 g/mol. The second-order valence-electron chi connectivity index (χ2n) is 2.97. The number of halogens is 1. The molecule has 7 heteroatoms. The van der Waals surface area contributed by atoms with Crippen molar-refractivity contribution in [1.82, 2.24) is 4.98 Å². The fourth-order valence-corrected chi connectivity index (χ4v) is 2.08. The van der Waals surface area contributed by atoms with E-state index in [1.54, 1.807) is 12.1 Å². The van der Waals surface area contributed by atoms with E-state index in [-0.39, 0.29) is 26.7 Å². The van der Waals surface area contributed by atoms with Gasteiger partial charge in [0.05, 0.1) is 0 Å². The number of phenolic OH excluding ortho intramolecular Hbond substituents is 1. The predicted molar refractivity (Wildman–Crippen MR) is 62.3 cm³/mol. The zero-order valence-corrected chi connectivity index (χ0v) is 9.83. The van der Waals surface area contributed by atoms with Gasteiger partial charge in [-0.2, -0.15) is 4.98 Å². The highest BCUT2D eigenvalue weighted by Gasteiger charge is 2.17. The lowest BCUT2D eigenvalue weighted by molar-refractivity contribution is 0.0702. The fraction of sp³-hybridized carbons (Fsp3) is 0. The number of carbonyl (C=O) groups is 1. The summed E-state index contributed by atoms with van der Waals surface area (Å²) < 4.78 is 5.23. The lowest BCUT2D eigenvalue weighted by atomic mass is 10.3. The number of para-hydroxylation sites is 2. The Morgan fingerprint density at radius 2 is 2.12 bits per heavy atom. The van der Waals surface area contributed by atoms with Gasteiger partial charge in [-0.05, 0) is 12.1 Å². The monoisotopic (exact) mass is 271 g/mol. The molecule has 0 spiro atoms. The van der Waals surface area contributed by atoms with E-state index >= 15 is 0 Å². The summed E-state index contributed by atoms with van der Waals surface area (Å²) in [5.74, 6) is -1.04. The Morgan fingerprint density at radius 3 is 2.71 bits per heavy atom. The number of rotatable bonds is 3. The summed E-state index contributed by atoms with van der Waals surface area (Å²) in [6.45, 7) is 0. The van der Waals surface area contributed by atoms with Gasteiger partial charge in [0, 0.05) is 0 Å². The van der Waals surface area contributed by atoms with E-state index in [4.69, 9.17) is 21.4 Å². The standard InChI is InChI=1S/C10H6ClNO4S/c11-8-7(9(14)15)17-10(12-8)16-6-4-2-1-3-5(6)13/h1-4,13H,(H,14,15). The summed E-state index contributed by atoms with van der Waals surface area (Å²) in [7, 11) is 0. The zero-order chi connectivity index (χ0) is 12.4. The normalized spacial score (nSPS) is 10.2. The van der Waals surface area contributed by atoms with E-state index in [1.165, 1.54) is 12.1 Å². The number of hydrogen-bond acceptors (Lipinski definition) is 5. The van der Waals surface area contributed by atoms with Crippen molar-refractivity contribution in [2.45, 2.75) is 0 Å². The smallest absolute Gasteiger partial charge is 0.349 e. The average molecular weight is 272 g/mol. The second kappa shape index (κ2) is 4.60. The number of thiazole rings is 1. The third kappa shape index (κ3) is 2.48. The number of carboxylic acid groups (broad SMARTS) is 1. The largest absolute Gasteiger partial charge is 0.504 e. The highest BCUT2D eigenvalue weighted by Crippen LogP contribution is 2.35. The van der Waals surface area contributed by atoms with Gasteiger partial charge in [-0.25, -0.2) is 4.79 Å². The third-order valence-electron chi connectivity index (χ3n) is 1.82. The molecule has 1 aromatic heterocycles. The summed E-state index contributed by atoms with van der Waals surface area (Å²) in [4.78, 5) is 14.4. The lowest BCUT2D eigenvalue weighted by Gasteiger charge is -2.02. The first kappa shape index (κ1) is 11.7. The van der Waals surface area contributed by atoms with Gasteiger partial charge in [0.2, 0.25) is 0 Å².